The van der Waals surface area contributed by atoms with E-state index < -0.39 is 0 Å². The van der Waals surface area contributed by atoms with Crippen molar-refractivity contribution >= 4 is 5.96 Å². The molecule has 0 radical (unpaired) electrons. The van der Waals surface area contributed by atoms with Crippen molar-refractivity contribution in [3.05, 3.63) is 23.9 Å². The highest BCUT2D eigenvalue weighted by Crippen LogP contribution is 2.28. The van der Waals surface area contributed by atoms with Crippen LogP contribution in [0.1, 0.15) is 50.5 Å². The number of pyridine rings is 1. The van der Waals surface area contributed by atoms with Gasteiger partial charge in [-0.3, -0.25) is 4.99 Å². The zero-order valence-corrected chi connectivity index (χ0v) is 14.5. The van der Waals surface area contributed by atoms with E-state index in [-0.39, 0.29) is 0 Å². The number of methoxy groups -OCH3 is 1. The summed E-state index contributed by atoms with van der Waals surface area (Å²) in [6.45, 7) is 1.69. The number of hydrogen-bond donors (Lipinski definition) is 2. The Hall–Kier alpha value is -1.78. The quantitative estimate of drug-likeness (QED) is 0.439. The zero-order chi connectivity index (χ0) is 16.3. The lowest BCUT2D eigenvalue weighted by molar-refractivity contribution is 0.397. The van der Waals surface area contributed by atoms with E-state index >= 15 is 0 Å². The van der Waals surface area contributed by atoms with Gasteiger partial charge in [-0.1, -0.05) is 38.5 Å². The first-order valence-electron chi connectivity index (χ1n) is 8.75. The van der Waals surface area contributed by atoms with Gasteiger partial charge < -0.3 is 15.4 Å². The van der Waals surface area contributed by atoms with Crippen LogP contribution >= 0.6 is 0 Å². The second kappa shape index (κ2) is 10.1. The van der Waals surface area contributed by atoms with Crippen LogP contribution in [0.4, 0.5) is 0 Å². The number of aromatic nitrogens is 1. The lowest BCUT2D eigenvalue weighted by atomic mass is 10.0. The van der Waals surface area contributed by atoms with Crippen LogP contribution < -0.4 is 15.4 Å². The van der Waals surface area contributed by atoms with Gasteiger partial charge in [0.2, 0.25) is 5.88 Å². The fourth-order valence-electron chi connectivity index (χ4n) is 3.14. The summed E-state index contributed by atoms with van der Waals surface area (Å²) < 4.78 is 5.14. The van der Waals surface area contributed by atoms with Crippen molar-refractivity contribution in [1.29, 1.82) is 0 Å². The molecule has 0 aromatic carbocycles. The van der Waals surface area contributed by atoms with E-state index in [1.807, 2.05) is 12.1 Å². The van der Waals surface area contributed by atoms with Gasteiger partial charge in [0.25, 0.3) is 0 Å². The average molecular weight is 318 g/mol. The summed E-state index contributed by atoms with van der Waals surface area (Å²) in [7, 11) is 3.44. The first kappa shape index (κ1) is 17.6. The first-order valence-corrected chi connectivity index (χ1v) is 8.75. The van der Waals surface area contributed by atoms with Crippen LogP contribution in [0.25, 0.3) is 0 Å². The van der Waals surface area contributed by atoms with Gasteiger partial charge in [0.1, 0.15) is 0 Å². The fourth-order valence-corrected chi connectivity index (χ4v) is 3.14. The number of nitrogens with zero attached hydrogens (tertiary/aromatic N) is 2. The number of guanidine groups is 1. The van der Waals surface area contributed by atoms with Crippen molar-refractivity contribution in [2.24, 2.45) is 10.9 Å². The Labute approximate surface area is 139 Å². The topological polar surface area (TPSA) is 58.5 Å². The molecule has 1 aliphatic carbocycles. The molecule has 23 heavy (non-hydrogen) atoms. The molecule has 0 bridgehead atoms. The zero-order valence-electron chi connectivity index (χ0n) is 14.5. The fraction of sp³-hybridized carbons (Fsp3) is 0.667. The van der Waals surface area contributed by atoms with Crippen molar-refractivity contribution < 1.29 is 4.74 Å². The van der Waals surface area contributed by atoms with Crippen LogP contribution in [0.15, 0.2) is 23.3 Å². The van der Waals surface area contributed by atoms with E-state index in [9.17, 15) is 0 Å². The molecule has 5 nitrogen and oxygen atoms in total. The summed E-state index contributed by atoms with van der Waals surface area (Å²) in [6.07, 6.45) is 11.5. The maximum absolute atomic E-state index is 5.14. The molecule has 128 valence electrons. The third-order valence-electron chi connectivity index (χ3n) is 4.50. The Morgan fingerprint density at radius 2 is 2.13 bits per heavy atom. The molecule has 0 unspecified atom stereocenters. The van der Waals surface area contributed by atoms with Gasteiger partial charge in [-0.15, -0.1) is 0 Å². The largest absolute Gasteiger partial charge is 0.481 e. The van der Waals surface area contributed by atoms with E-state index in [1.165, 1.54) is 44.9 Å². The number of ether oxygens (including phenoxy) is 1. The molecule has 2 N–H and O–H groups in total. The highest BCUT2D eigenvalue weighted by atomic mass is 16.5. The summed E-state index contributed by atoms with van der Waals surface area (Å²) in [5.41, 5.74) is 1.13. The third kappa shape index (κ3) is 6.47. The second-order valence-electron chi connectivity index (χ2n) is 6.21. The molecule has 1 fully saturated rings. The Kier molecular flexibility index (Phi) is 7.70. The molecule has 0 aliphatic heterocycles. The standard InChI is InChI=1S/C18H30N4O/c1-19-18(21-11-6-5-9-15-7-3-4-8-15)22-14-16-10-12-20-17(13-16)23-2/h10,12-13,15H,3-9,11,14H2,1-2H3,(H2,19,21,22). The SMILES string of the molecule is CN=C(NCCCCC1CCCC1)NCc1ccnc(OC)c1. The molecule has 1 heterocycles. The summed E-state index contributed by atoms with van der Waals surface area (Å²) in [6, 6.07) is 3.91. The summed E-state index contributed by atoms with van der Waals surface area (Å²) in [5, 5.41) is 6.71. The molecule has 1 aromatic heterocycles. The number of rotatable bonds is 8. The predicted octanol–water partition coefficient (Wildman–Crippen LogP) is 3.12. The van der Waals surface area contributed by atoms with Crippen molar-refractivity contribution in [2.75, 3.05) is 20.7 Å². The van der Waals surface area contributed by atoms with E-state index in [0.717, 1.165) is 24.0 Å². The monoisotopic (exact) mass is 318 g/mol. The van der Waals surface area contributed by atoms with Gasteiger partial charge in [-0.25, -0.2) is 4.98 Å². The van der Waals surface area contributed by atoms with Crippen LogP contribution in [0.3, 0.4) is 0 Å². The average Bonchev–Trinajstić information content (AvgIpc) is 3.11. The van der Waals surface area contributed by atoms with E-state index in [4.69, 9.17) is 4.74 Å². The third-order valence-corrected chi connectivity index (χ3v) is 4.50. The molecule has 0 atom stereocenters. The van der Waals surface area contributed by atoms with Crippen LogP contribution in [0, 0.1) is 5.92 Å². The highest BCUT2D eigenvalue weighted by molar-refractivity contribution is 5.79. The number of nitrogens with one attached hydrogen (secondary N) is 2. The number of aliphatic imine (C=N–C) groups is 1. The van der Waals surface area contributed by atoms with Gasteiger partial charge in [-0.05, 0) is 24.0 Å². The van der Waals surface area contributed by atoms with E-state index in [2.05, 4.69) is 20.6 Å². The van der Waals surface area contributed by atoms with Crippen molar-refractivity contribution in [2.45, 2.75) is 51.5 Å². The smallest absolute Gasteiger partial charge is 0.213 e. The minimum Gasteiger partial charge on any atom is -0.481 e. The van der Waals surface area contributed by atoms with Crippen molar-refractivity contribution in [3.63, 3.8) is 0 Å². The van der Waals surface area contributed by atoms with Crippen LogP contribution in [-0.4, -0.2) is 31.6 Å². The number of hydrogen-bond acceptors (Lipinski definition) is 3. The van der Waals surface area contributed by atoms with E-state index in [1.54, 1.807) is 20.4 Å². The highest BCUT2D eigenvalue weighted by Gasteiger charge is 2.13. The normalized spacial score (nSPS) is 15.7. The van der Waals surface area contributed by atoms with Crippen molar-refractivity contribution in [3.8, 4) is 5.88 Å². The Balaban J connectivity index is 1.61. The van der Waals surface area contributed by atoms with Gasteiger partial charge in [0, 0.05) is 32.4 Å². The van der Waals surface area contributed by atoms with E-state index in [0.29, 0.717) is 12.4 Å². The summed E-state index contributed by atoms with van der Waals surface area (Å²) >= 11 is 0. The molecule has 1 aliphatic rings. The van der Waals surface area contributed by atoms with Gasteiger partial charge in [0.15, 0.2) is 5.96 Å². The van der Waals surface area contributed by atoms with Crippen LogP contribution in [-0.2, 0) is 6.54 Å². The van der Waals surface area contributed by atoms with Gasteiger partial charge in [0.05, 0.1) is 7.11 Å². The first-order chi connectivity index (χ1) is 11.3. The summed E-state index contributed by atoms with van der Waals surface area (Å²) in [5.74, 6) is 2.48. The molecule has 1 saturated carbocycles. The minimum atomic E-state index is 0.638. The summed E-state index contributed by atoms with van der Waals surface area (Å²) in [4.78, 5) is 8.38. The maximum Gasteiger partial charge on any atom is 0.213 e. The van der Waals surface area contributed by atoms with Gasteiger partial charge in [-0.2, -0.15) is 0 Å². The van der Waals surface area contributed by atoms with Crippen molar-refractivity contribution in [1.82, 2.24) is 15.6 Å². The molecule has 0 saturated heterocycles. The van der Waals surface area contributed by atoms with Crippen LogP contribution in [0.2, 0.25) is 0 Å². The van der Waals surface area contributed by atoms with Gasteiger partial charge >= 0.3 is 0 Å². The second-order valence-corrected chi connectivity index (χ2v) is 6.21. The molecule has 0 spiro atoms. The predicted molar refractivity (Wildman–Crippen MR) is 94.8 cm³/mol. The Morgan fingerprint density at radius 1 is 1.30 bits per heavy atom. The molecule has 2 rings (SSSR count). The molecular weight excluding hydrogens is 288 g/mol. The number of unbranched alkanes of at least 4 members (excludes halogenated alkanes) is 1. The minimum absolute atomic E-state index is 0.638. The molecule has 1 aromatic rings. The lowest BCUT2D eigenvalue weighted by Gasteiger charge is -2.13. The molecular formula is C18H30N4O. The van der Waals surface area contributed by atoms with Crippen LogP contribution in [0.5, 0.6) is 5.88 Å². The Morgan fingerprint density at radius 3 is 2.87 bits per heavy atom. The molecule has 5 heteroatoms. The molecule has 0 amide bonds. The maximum atomic E-state index is 5.14. The lowest BCUT2D eigenvalue weighted by Crippen LogP contribution is -2.37. The Bertz CT molecular complexity index is 484.